The maximum absolute atomic E-state index is 5.85. The first-order valence-electron chi connectivity index (χ1n) is 5.74. The van der Waals surface area contributed by atoms with Crippen molar-refractivity contribution in [1.29, 1.82) is 0 Å². The molecule has 0 unspecified atom stereocenters. The fourth-order valence-electron chi connectivity index (χ4n) is 1.65. The predicted octanol–water partition coefficient (Wildman–Crippen LogP) is 3.72. The minimum Gasteiger partial charge on any atom is -0.378 e. The number of anilines is 1. The zero-order chi connectivity index (χ0) is 13.0. The van der Waals surface area contributed by atoms with Gasteiger partial charge >= 0.3 is 0 Å². The van der Waals surface area contributed by atoms with E-state index in [2.05, 4.69) is 42.7 Å². The van der Waals surface area contributed by atoms with Gasteiger partial charge in [0.1, 0.15) is 5.15 Å². The van der Waals surface area contributed by atoms with Gasteiger partial charge in [0.2, 0.25) is 0 Å². The first-order chi connectivity index (χ1) is 8.70. The molecule has 0 aromatic carbocycles. The summed E-state index contributed by atoms with van der Waals surface area (Å²) < 4.78 is 2.93. The number of hydrogen-bond acceptors (Lipinski definition) is 3. The van der Waals surface area contributed by atoms with E-state index < -0.39 is 0 Å². The van der Waals surface area contributed by atoms with Crippen LogP contribution < -0.4 is 5.32 Å². The molecule has 2 aromatic rings. The van der Waals surface area contributed by atoms with Gasteiger partial charge in [0.05, 0.1) is 34.9 Å². The summed E-state index contributed by atoms with van der Waals surface area (Å²) in [5, 5.41) is 3.77. The minimum atomic E-state index is 0.469. The van der Waals surface area contributed by atoms with Crippen LogP contribution >= 0.6 is 27.5 Å². The van der Waals surface area contributed by atoms with E-state index in [9.17, 15) is 0 Å². The fourth-order valence-corrected chi connectivity index (χ4v) is 2.10. The van der Waals surface area contributed by atoms with Gasteiger partial charge < -0.3 is 9.88 Å². The van der Waals surface area contributed by atoms with Gasteiger partial charge in [-0.25, -0.2) is 9.97 Å². The van der Waals surface area contributed by atoms with Crippen LogP contribution in [0.1, 0.15) is 19.0 Å². The van der Waals surface area contributed by atoms with Gasteiger partial charge in [-0.1, -0.05) is 18.5 Å². The number of imidazole rings is 1. The Morgan fingerprint density at radius 3 is 3.00 bits per heavy atom. The maximum Gasteiger partial charge on any atom is 0.143 e. The van der Waals surface area contributed by atoms with Gasteiger partial charge in [0, 0.05) is 12.7 Å². The molecule has 2 rings (SSSR count). The van der Waals surface area contributed by atoms with E-state index in [1.807, 2.05) is 18.6 Å². The van der Waals surface area contributed by atoms with Crippen LogP contribution in [0.25, 0.3) is 0 Å². The summed E-state index contributed by atoms with van der Waals surface area (Å²) in [5.41, 5.74) is 2.08. The molecule has 0 saturated heterocycles. The van der Waals surface area contributed by atoms with Crippen molar-refractivity contribution in [1.82, 2.24) is 14.5 Å². The van der Waals surface area contributed by atoms with Gasteiger partial charge in [-0.05, 0) is 28.4 Å². The lowest BCUT2D eigenvalue weighted by atomic mass is 10.3. The van der Waals surface area contributed by atoms with Gasteiger partial charge in [0.25, 0.3) is 0 Å². The lowest BCUT2D eigenvalue weighted by Gasteiger charge is -2.09. The summed E-state index contributed by atoms with van der Waals surface area (Å²) in [6, 6.07) is 1.91. The molecule has 1 N–H and O–H groups in total. The van der Waals surface area contributed by atoms with Crippen molar-refractivity contribution in [2.24, 2.45) is 0 Å². The van der Waals surface area contributed by atoms with E-state index in [1.54, 1.807) is 6.20 Å². The Morgan fingerprint density at radius 2 is 2.28 bits per heavy atom. The molecule has 18 heavy (non-hydrogen) atoms. The van der Waals surface area contributed by atoms with E-state index >= 15 is 0 Å². The lowest BCUT2D eigenvalue weighted by molar-refractivity contribution is 0.651. The van der Waals surface area contributed by atoms with Gasteiger partial charge in [-0.15, -0.1) is 0 Å². The van der Waals surface area contributed by atoms with Crippen LogP contribution in [0.15, 0.2) is 29.3 Å². The highest BCUT2D eigenvalue weighted by Crippen LogP contribution is 2.23. The Hall–Kier alpha value is -1.07. The molecule has 4 nitrogen and oxygen atoms in total. The summed E-state index contributed by atoms with van der Waals surface area (Å²) in [6.07, 6.45) is 6.54. The van der Waals surface area contributed by atoms with Gasteiger partial charge in [0.15, 0.2) is 0 Å². The molecular weight excluding hydrogens is 316 g/mol. The summed E-state index contributed by atoms with van der Waals surface area (Å²) in [7, 11) is 0. The third kappa shape index (κ3) is 3.23. The normalized spacial score (nSPS) is 10.6. The van der Waals surface area contributed by atoms with Crippen LogP contribution in [0.3, 0.4) is 0 Å². The molecule has 0 spiro atoms. The highest BCUT2D eigenvalue weighted by atomic mass is 79.9. The van der Waals surface area contributed by atoms with Gasteiger partial charge in [-0.2, -0.15) is 0 Å². The molecule has 0 aliphatic rings. The van der Waals surface area contributed by atoms with E-state index in [1.165, 1.54) is 0 Å². The molecule has 0 saturated carbocycles. The number of aromatic nitrogens is 3. The van der Waals surface area contributed by atoms with E-state index in [0.717, 1.165) is 35.4 Å². The molecule has 0 bridgehead atoms. The summed E-state index contributed by atoms with van der Waals surface area (Å²) in [4.78, 5) is 8.23. The second-order valence-electron chi connectivity index (χ2n) is 3.93. The van der Waals surface area contributed by atoms with E-state index in [0.29, 0.717) is 5.15 Å². The SMILES string of the molecule is CCCn1cncc1CNc1cnc(Cl)c(Br)c1. The Morgan fingerprint density at radius 1 is 1.44 bits per heavy atom. The van der Waals surface area contributed by atoms with Crippen molar-refractivity contribution in [2.45, 2.75) is 26.4 Å². The van der Waals surface area contributed by atoms with Crippen LogP contribution in [0.5, 0.6) is 0 Å². The Labute approximate surface area is 120 Å². The third-order valence-electron chi connectivity index (χ3n) is 2.53. The monoisotopic (exact) mass is 328 g/mol. The van der Waals surface area contributed by atoms with Crippen molar-refractivity contribution in [3.05, 3.63) is 40.1 Å². The Kier molecular flexibility index (Phi) is 4.60. The minimum absolute atomic E-state index is 0.469. The van der Waals surface area contributed by atoms with E-state index in [-0.39, 0.29) is 0 Å². The smallest absolute Gasteiger partial charge is 0.143 e. The van der Waals surface area contributed by atoms with Crippen molar-refractivity contribution >= 4 is 33.2 Å². The predicted molar refractivity (Wildman–Crippen MR) is 76.8 cm³/mol. The highest BCUT2D eigenvalue weighted by Gasteiger charge is 2.03. The highest BCUT2D eigenvalue weighted by molar-refractivity contribution is 9.10. The first-order valence-corrected chi connectivity index (χ1v) is 6.91. The van der Waals surface area contributed by atoms with Crippen molar-refractivity contribution in [3.63, 3.8) is 0 Å². The molecule has 0 amide bonds. The molecule has 0 aliphatic heterocycles. The quantitative estimate of drug-likeness (QED) is 0.850. The number of rotatable bonds is 5. The van der Waals surface area contributed by atoms with Crippen LogP contribution in [0, 0.1) is 0 Å². The number of pyridine rings is 1. The molecule has 0 atom stereocenters. The maximum atomic E-state index is 5.85. The van der Waals surface area contributed by atoms with Crippen LogP contribution in [-0.4, -0.2) is 14.5 Å². The van der Waals surface area contributed by atoms with E-state index in [4.69, 9.17) is 11.6 Å². The lowest BCUT2D eigenvalue weighted by Crippen LogP contribution is -2.07. The first kappa shape index (κ1) is 13.4. The average Bonchev–Trinajstić information content (AvgIpc) is 2.79. The molecule has 0 fully saturated rings. The largest absolute Gasteiger partial charge is 0.378 e. The number of halogens is 2. The molecule has 2 heterocycles. The van der Waals surface area contributed by atoms with Crippen molar-refractivity contribution in [3.8, 4) is 0 Å². The third-order valence-corrected chi connectivity index (χ3v) is 3.67. The van der Waals surface area contributed by atoms with Crippen LogP contribution in [-0.2, 0) is 13.1 Å². The molecule has 6 heteroatoms. The summed E-state index contributed by atoms with van der Waals surface area (Å²) in [5.74, 6) is 0. The van der Waals surface area contributed by atoms with Crippen LogP contribution in [0.4, 0.5) is 5.69 Å². The Bertz CT molecular complexity index is 527. The zero-order valence-electron chi connectivity index (χ0n) is 10.0. The summed E-state index contributed by atoms with van der Waals surface area (Å²) in [6.45, 7) is 3.85. The summed E-state index contributed by atoms with van der Waals surface area (Å²) >= 11 is 9.20. The Balaban J connectivity index is 2.02. The molecule has 96 valence electrons. The molecular formula is C12H14BrClN4. The number of nitrogens with one attached hydrogen (secondary N) is 1. The number of nitrogens with zero attached hydrogens (tertiary/aromatic N) is 3. The number of aryl methyl sites for hydroxylation is 1. The second-order valence-corrected chi connectivity index (χ2v) is 5.14. The zero-order valence-corrected chi connectivity index (χ0v) is 12.4. The van der Waals surface area contributed by atoms with Gasteiger partial charge in [-0.3, -0.25) is 0 Å². The molecule has 0 aliphatic carbocycles. The fraction of sp³-hybridized carbons (Fsp3) is 0.333. The molecule has 0 radical (unpaired) electrons. The van der Waals surface area contributed by atoms with Crippen LogP contribution in [0.2, 0.25) is 5.15 Å². The molecule has 2 aromatic heterocycles. The standard InChI is InChI=1S/C12H14BrClN4/c1-2-3-18-8-15-6-10(18)7-16-9-4-11(13)12(14)17-5-9/h4-6,8,16H,2-3,7H2,1H3. The topological polar surface area (TPSA) is 42.7 Å². The van der Waals surface area contributed by atoms with Crippen molar-refractivity contribution in [2.75, 3.05) is 5.32 Å². The second kappa shape index (κ2) is 6.20. The average molecular weight is 330 g/mol. The number of hydrogen-bond donors (Lipinski definition) is 1. The van der Waals surface area contributed by atoms with Crippen molar-refractivity contribution < 1.29 is 0 Å².